The predicted octanol–water partition coefficient (Wildman–Crippen LogP) is 2.07. The molecule has 13 heavy (non-hydrogen) atoms. The van der Waals surface area contributed by atoms with Crippen LogP contribution in [0, 0.1) is 6.42 Å². The molecule has 1 aromatic carbocycles. The molecule has 3 nitrogen and oxygen atoms in total. The van der Waals surface area contributed by atoms with E-state index < -0.39 is 0 Å². The molecule has 0 bridgehead atoms. The summed E-state index contributed by atoms with van der Waals surface area (Å²) in [7, 11) is 1.47. The zero-order valence-electron chi connectivity index (χ0n) is 7.74. The maximum absolute atomic E-state index is 9.40. The molecule has 2 N–H and O–H groups in total. The van der Waals surface area contributed by atoms with Crippen LogP contribution in [-0.4, -0.2) is 17.3 Å². The normalized spacial score (nSPS) is 10.0. The smallest absolute Gasteiger partial charge is 0.161 e. The molecule has 0 amide bonds. The van der Waals surface area contributed by atoms with E-state index in [-0.39, 0.29) is 11.5 Å². The Bertz CT molecular complexity index is 294. The quantitative estimate of drug-likeness (QED) is 0.750. The van der Waals surface area contributed by atoms with Gasteiger partial charge >= 0.3 is 0 Å². The molecule has 0 saturated heterocycles. The van der Waals surface area contributed by atoms with Crippen molar-refractivity contribution in [3.8, 4) is 17.2 Å². The standard InChI is InChI=1S/C10H13O3/c1-3-4-7-5-10(13-2)9(12)6-8(7)11/h4-6,11-12H,3H2,1-2H3. The first-order chi connectivity index (χ1) is 6.19. The molecule has 1 rings (SSSR count). The second-order valence-corrected chi connectivity index (χ2v) is 2.70. The Labute approximate surface area is 77.6 Å². The van der Waals surface area contributed by atoms with Crippen LogP contribution in [0.3, 0.4) is 0 Å². The maximum atomic E-state index is 9.40. The zero-order valence-corrected chi connectivity index (χ0v) is 7.74. The van der Waals surface area contributed by atoms with Crippen molar-refractivity contribution in [1.82, 2.24) is 0 Å². The fourth-order valence-electron chi connectivity index (χ4n) is 1.12. The van der Waals surface area contributed by atoms with Crippen molar-refractivity contribution < 1.29 is 14.9 Å². The first-order valence-electron chi connectivity index (χ1n) is 4.12. The largest absolute Gasteiger partial charge is 0.508 e. The van der Waals surface area contributed by atoms with Gasteiger partial charge in [-0.3, -0.25) is 0 Å². The van der Waals surface area contributed by atoms with Crippen LogP contribution in [0.1, 0.15) is 18.9 Å². The summed E-state index contributed by atoms with van der Waals surface area (Å²) in [5.41, 5.74) is 0.678. The van der Waals surface area contributed by atoms with E-state index in [0.29, 0.717) is 11.3 Å². The Balaban J connectivity index is 3.06. The van der Waals surface area contributed by atoms with Crippen molar-refractivity contribution in [3.63, 3.8) is 0 Å². The Morgan fingerprint density at radius 1 is 1.31 bits per heavy atom. The maximum Gasteiger partial charge on any atom is 0.161 e. The second kappa shape index (κ2) is 4.03. The van der Waals surface area contributed by atoms with Gasteiger partial charge in [-0.05, 0) is 18.9 Å². The Hall–Kier alpha value is -1.38. The zero-order chi connectivity index (χ0) is 9.84. The Kier molecular flexibility index (Phi) is 3.01. The number of aromatic hydroxyl groups is 2. The summed E-state index contributed by atoms with van der Waals surface area (Å²) >= 11 is 0. The summed E-state index contributed by atoms with van der Waals surface area (Å²) in [6.07, 6.45) is 2.68. The summed E-state index contributed by atoms with van der Waals surface area (Å²) in [5, 5.41) is 18.7. The van der Waals surface area contributed by atoms with E-state index in [1.54, 1.807) is 6.07 Å². The summed E-state index contributed by atoms with van der Waals surface area (Å²) in [5.74, 6) is 0.394. The first kappa shape index (κ1) is 9.71. The molecule has 0 heterocycles. The highest BCUT2D eigenvalue weighted by molar-refractivity contribution is 5.51. The van der Waals surface area contributed by atoms with E-state index in [0.717, 1.165) is 6.42 Å². The number of hydrogen-bond donors (Lipinski definition) is 2. The molecular weight excluding hydrogens is 168 g/mol. The number of methoxy groups -OCH3 is 1. The van der Waals surface area contributed by atoms with E-state index >= 15 is 0 Å². The highest BCUT2D eigenvalue weighted by atomic mass is 16.5. The lowest BCUT2D eigenvalue weighted by atomic mass is 10.1. The number of ether oxygens (including phenoxy) is 1. The van der Waals surface area contributed by atoms with E-state index in [9.17, 15) is 10.2 Å². The SMILES string of the molecule is CC[CH]c1cc(OC)c(O)cc1O. The van der Waals surface area contributed by atoms with Gasteiger partial charge in [0.05, 0.1) is 7.11 Å². The van der Waals surface area contributed by atoms with E-state index in [4.69, 9.17) is 4.74 Å². The summed E-state index contributed by atoms with van der Waals surface area (Å²) in [6, 6.07) is 2.88. The van der Waals surface area contributed by atoms with E-state index in [1.807, 2.05) is 13.3 Å². The van der Waals surface area contributed by atoms with Crippen molar-refractivity contribution in [3.05, 3.63) is 24.1 Å². The lowest BCUT2D eigenvalue weighted by molar-refractivity contribution is 0.369. The first-order valence-corrected chi connectivity index (χ1v) is 4.12. The fraction of sp³-hybridized carbons (Fsp3) is 0.300. The van der Waals surface area contributed by atoms with Crippen molar-refractivity contribution in [2.75, 3.05) is 7.11 Å². The topological polar surface area (TPSA) is 49.7 Å². The fourth-order valence-corrected chi connectivity index (χ4v) is 1.12. The van der Waals surface area contributed by atoms with Crippen LogP contribution in [0.4, 0.5) is 0 Å². The molecule has 0 aromatic heterocycles. The van der Waals surface area contributed by atoms with Crippen molar-refractivity contribution in [2.24, 2.45) is 0 Å². The van der Waals surface area contributed by atoms with Gasteiger partial charge in [0.2, 0.25) is 0 Å². The molecule has 0 aliphatic carbocycles. The van der Waals surface area contributed by atoms with Crippen LogP contribution in [0.25, 0.3) is 0 Å². The van der Waals surface area contributed by atoms with Crippen molar-refractivity contribution >= 4 is 0 Å². The summed E-state index contributed by atoms with van der Waals surface area (Å²) < 4.78 is 4.91. The number of phenols is 2. The van der Waals surface area contributed by atoms with Crippen LogP contribution in [-0.2, 0) is 0 Å². The summed E-state index contributed by atoms with van der Waals surface area (Å²) in [6.45, 7) is 1.97. The molecule has 1 aromatic rings. The molecular formula is C10H13O3. The molecule has 0 saturated carbocycles. The van der Waals surface area contributed by atoms with Gasteiger partial charge in [0, 0.05) is 11.6 Å². The molecule has 1 radical (unpaired) electrons. The molecule has 0 aliphatic heterocycles. The lowest BCUT2D eigenvalue weighted by Crippen LogP contribution is -1.87. The van der Waals surface area contributed by atoms with E-state index in [1.165, 1.54) is 13.2 Å². The van der Waals surface area contributed by atoms with Crippen LogP contribution in [0.5, 0.6) is 17.2 Å². The summed E-state index contributed by atoms with van der Waals surface area (Å²) in [4.78, 5) is 0. The van der Waals surface area contributed by atoms with Gasteiger partial charge in [-0.15, -0.1) is 0 Å². The van der Waals surface area contributed by atoms with Gasteiger partial charge in [-0.1, -0.05) is 6.92 Å². The Morgan fingerprint density at radius 2 is 2.00 bits per heavy atom. The third-order valence-corrected chi connectivity index (χ3v) is 1.75. The molecule has 0 fully saturated rings. The molecule has 3 heteroatoms. The number of hydrogen-bond acceptors (Lipinski definition) is 3. The number of rotatable bonds is 3. The van der Waals surface area contributed by atoms with Crippen LogP contribution < -0.4 is 4.74 Å². The minimum atomic E-state index is -0.0479. The highest BCUT2D eigenvalue weighted by Gasteiger charge is 2.07. The molecule has 71 valence electrons. The number of benzene rings is 1. The number of phenolic OH excluding ortho intramolecular Hbond substituents is 2. The average Bonchev–Trinajstić information content (AvgIpc) is 2.10. The molecule has 0 spiro atoms. The third-order valence-electron chi connectivity index (χ3n) is 1.75. The minimum absolute atomic E-state index is 0.0479. The lowest BCUT2D eigenvalue weighted by Gasteiger charge is -2.07. The van der Waals surface area contributed by atoms with Gasteiger partial charge < -0.3 is 14.9 Å². The van der Waals surface area contributed by atoms with Crippen LogP contribution in [0.15, 0.2) is 12.1 Å². The van der Waals surface area contributed by atoms with Crippen molar-refractivity contribution in [2.45, 2.75) is 13.3 Å². The van der Waals surface area contributed by atoms with Gasteiger partial charge in [-0.2, -0.15) is 0 Å². The minimum Gasteiger partial charge on any atom is -0.508 e. The van der Waals surface area contributed by atoms with Gasteiger partial charge in [0.25, 0.3) is 0 Å². The van der Waals surface area contributed by atoms with Gasteiger partial charge in [0.15, 0.2) is 11.5 Å². The Morgan fingerprint density at radius 3 is 2.54 bits per heavy atom. The van der Waals surface area contributed by atoms with Crippen LogP contribution >= 0.6 is 0 Å². The second-order valence-electron chi connectivity index (χ2n) is 2.70. The molecule has 0 aliphatic rings. The average molecular weight is 181 g/mol. The highest BCUT2D eigenvalue weighted by Crippen LogP contribution is 2.33. The van der Waals surface area contributed by atoms with Crippen molar-refractivity contribution in [1.29, 1.82) is 0 Å². The van der Waals surface area contributed by atoms with Gasteiger partial charge in [0.1, 0.15) is 5.75 Å². The monoisotopic (exact) mass is 181 g/mol. The molecule has 0 atom stereocenters. The molecule has 0 unspecified atom stereocenters. The van der Waals surface area contributed by atoms with Gasteiger partial charge in [-0.25, -0.2) is 0 Å². The predicted molar refractivity (Wildman–Crippen MR) is 50.0 cm³/mol. The van der Waals surface area contributed by atoms with Crippen LogP contribution in [0.2, 0.25) is 0 Å². The third kappa shape index (κ3) is 2.05. The van der Waals surface area contributed by atoms with E-state index in [2.05, 4.69) is 0 Å².